The standard InChI is InChI=1S/C14H21ClN2O2S/c1-11-9-12(15)6-7-14(11)20(18,19)17-8-4-3-5-13(17)10-16-2/h6-7,9,13,16H,3-5,8,10H2,1-2H3. The molecule has 1 fully saturated rings. The first-order valence-electron chi connectivity index (χ1n) is 6.89. The van der Waals surface area contributed by atoms with Gasteiger partial charge in [0.15, 0.2) is 0 Å². The molecule has 0 aromatic heterocycles. The fraction of sp³-hybridized carbons (Fsp3) is 0.571. The van der Waals surface area contributed by atoms with Crippen molar-refractivity contribution < 1.29 is 8.42 Å². The normalized spacial score (nSPS) is 21.1. The number of likely N-dealkylation sites (N-methyl/N-ethyl adjacent to an activating group) is 1. The number of nitrogens with one attached hydrogen (secondary N) is 1. The molecule has 112 valence electrons. The first-order chi connectivity index (χ1) is 9.46. The number of halogens is 1. The van der Waals surface area contributed by atoms with E-state index in [4.69, 9.17) is 11.6 Å². The van der Waals surface area contributed by atoms with E-state index in [9.17, 15) is 8.42 Å². The summed E-state index contributed by atoms with van der Waals surface area (Å²) in [6.07, 6.45) is 2.91. The summed E-state index contributed by atoms with van der Waals surface area (Å²) in [5, 5.41) is 3.65. The zero-order valence-electron chi connectivity index (χ0n) is 11.9. The Morgan fingerprint density at radius 3 is 2.80 bits per heavy atom. The van der Waals surface area contributed by atoms with Crippen LogP contribution in [0.2, 0.25) is 5.02 Å². The van der Waals surface area contributed by atoms with Gasteiger partial charge in [-0.2, -0.15) is 4.31 Å². The van der Waals surface area contributed by atoms with Crippen molar-refractivity contribution in [2.75, 3.05) is 20.1 Å². The highest BCUT2D eigenvalue weighted by atomic mass is 35.5. The van der Waals surface area contributed by atoms with Gasteiger partial charge in [-0.05, 0) is 50.6 Å². The number of piperidine rings is 1. The Balaban J connectivity index is 2.37. The molecule has 2 rings (SSSR count). The van der Waals surface area contributed by atoms with Gasteiger partial charge in [0.1, 0.15) is 0 Å². The van der Waals surface area contributed by atoms with E-state index in [-0.39, 0.29) is 6.04 Å². The molecule has 0 bridgehead atoms. The van der Waals surface area contributed by atoms with Gasteiger partial charge >= 0.3 is 0 Å². The third-order valence-electron chi connectivity index (χ3n) is 3.74. The summed E-state index contributed by atoms with van der Waals surface area (Å²) in [4.78, 5) is 0.366. The fourth-order valence-electron chi connectivity index (χ4n) is 2.76. The quantitative estimate of drug-likeness (QED) is 0.928. The Kier molecular flexibility index (Phi) is 5.07. The van der Waals surface area contributed by atoms with Crippen molar-refractivity contribution in [3.8, 4) is 0 Å². The molecule has 4 nitrogen and oxygen atoms in total. The Hall–Kier alpha value is -0.620. The van der Waals surface area contributed by atoms with Crippen molar-refractivity contribution in [3.63, 3.8) is 0 Å². The summed E-state index contributed by atoms with van der Waals surface area (Å²) in [6, 6.07) is 4.98. The fourth-order valence-corrected chi connectivity index (χ4v) is 4.89. The molecule has 1 aromatic rings. The molecule has 1 atom stereocenters. The van der Waals surface area contributed by atoms with Crippen molar-refractivity contribution >= 4 is 21.6 Å². The highest BCUT2D eigenvalue weighted by molar-refractivity contribution is 7.89. The van der Waals surface area contributed by atoms with Crippen LogP contribution in [0.3, 0.4) is 0 Å². The SMILES string of the molecule is CNCC1CCCCN1S(=O)(=O)c1ccc(Cl)cc1C. The summed E-state index contributed by atoms with van der Waals surface area (Å²) in [6.45, 7) is 3.07. The molecular weight excluding hydrogens is 296 g/mol. The lowest BCUT2D eigenvalue weighted by atomic mass is 10.1. The van der Waals surface area contributed by atoms with E-state index < -0.39 is 10.0 Å². The molecule has 0 saturated carbocycles. The van der Waals surface area contributed by atoms with Crippen LogP contribution >= 0.6 is 11.6 Å². The van der Waals surface area contributed by atoms with E-state index in [1.807, 2.05) is 7.05 Å². The van der Waals surface area contributed by atoms with Crippen LogP contribution < -0.4 is 5.32 Å². The molecule has 1 aliphatic rings. The zero-order chi connectivity index (χ0) is 14.8. The highest BCUT2D eigenvalue weighted by Crippen LogP contribution is 2.28. The maximum atomic E-state index is 12.9. The smallest absolute Gasteiger partial charge is 0.243 e. The topological polar surface area (TPSA) is 49.4 Å². The van der Waals surface area contributed by atoms with Crippen molar-refractivity contribution in [3.05, 3.63) is 28.8 Å². The second-order valence-corrected chi connectivity index (χ2v) is 7.53. The van der Waals surface area contributed by atoms with Crippen LogP contribution in [-0.4, -0.2) is 38.9 Å². The van der Waals surface area contributed by atoms with Crippen molar-refractivity contribution in [2.24, 2.45) is 0 Å². The first-order valence-corrected chi connectivity index (χ1v) is 8.71. The molecule has 0 aliphatic carbocycles. The number of sulfonamides is 1. The van der Waals surface area contributed by atoms with Gasteiger partial charge in [-0.15, -0.1) is 0 Å². The second kappa shape index (κ2) is 6.43. The molecule has 1 unspecified atom stereocenters. The Labute approximate surface area is 126 Å². The largest absolute Gasteiger partial charge is 0.318 e. The summed E-state index contributed by atoms with van der Waals surface area (Å²) in [5.41, 5.74) is 0.700. The molecule has 1 saturated heterocycles. The number of hydrogen-bond donors (Lipinski definition) is 1. The monoisotopic (exact) mass is 316 g/mol. The maximum absolute atomic E-state index is 12.9. The molecule has 1 aromatic carbocycles. The molecular formula is C14H21ClN2O2S. The Morgan fingerprint density at radius 1 is 1.40 bits per heavy atom. The van der Waals surface area contributed by atoms with Gasteiger partial charge in [0.05, 0.1) is 4.90 Å². The van der Waals surface area contributed by atoms with E-state index in [2.05, 4.69) is 5.32 Å². The van der Waals surface area contributed by atoms with Crippen molar-refractivity contribution in [1.82, 2.24) is 9.62 Å². The van der Waals surface area contributed by atoms with E-state index in [1.165, 1.54) is 0 Å². The Morgan fingerprint density at radius 2 is 2.15 bits per heavy atom. The second-order valence-electron chi connectivity index (χ2n) is 5.23. The van der Waals surface area contributed by atoms with E-state index in [1.54, 1.807) is 29.4 Å². The third kappa shape index (κ3) is 3.17. The predicted octanol–water partition coefficient (Wildman–Crippen LogP) is 2.41. The van der Waals surface area contributed by atoms with Crippen molar-refractivity contribution in [2.45, 2.75) is 37.1 Å². The maximum Gasteiger partial charge on any atom is 0.243 e. The molecule has 0 radical (unpaired) electrons. The molecule has 1 heterocycles. The Bertz CT molecular complexity index is 573. The lowest BCUT2D eigenvalue weighted by Gasteiger charge is -2.35. The van der Waals surface area contributed by atoms with Gasteiger partial charge in [0, 0.05) is 24.2 Å². The van der Waals surface area contributed by atoms with Crippen LogP contribution in [0.5, 0.6) is 0 Å². The van der Waals surface area contributed by atoms with Gasteiger partial charge in [0.25, 0.3) is 0 Å². The van der Waals surface area contributed by atoms with Crippen LogP contribution in [0, 0.1) is 6.92 Å². The number of rotatable bonds is 4. The van der Waals surface area contributed by atoms with Gasteiger partial charge in [-0.1, -0.05) is 18.0 Å². The summed E-state index contributed by atoms with van der Waals surface area (Å²) >= 11 is 5.91. The number of hydrogen-bond acceptors (Lipinski definition) is 3. The minimum Gasteiger partial charge on any atom is -0.318 e. The van der Waals surface area contributed by atoms with Gasteiger partial charge in [-0.3, -0.25) is 0 Å². The lowest BCUT2D eigenvalue weighted by molar-refractivity contribution is 0.249. The zero-order valence-corrected chi connectivity index (χ0v) is 13.5. The van der Waals surface area contributed by atoms with Crippen molar-refractivity contribution in [1.29, 1.82) is 0 Å². The van der Waals surface area contributed by atoms with Crippen LogP contribution in [-0.2, 0) is 10.0 Å². The van der Waals surface area contributed by atoms with Crippen LogP contribution in [0.25, 0.3) is 0 Å². The lowest BCUT2D eigenvalue weighted by Crippen LogP contribution is -2.48. The number of nitrogens with zero attached hydrogens (tertiary/aromatic N) is 1. The average Bonchev–Trinajstić information content (AvgIpc) is 2.39. The highest BCUT2D eigenvalue weighted by Gasteiger charge is 2.33. The summed E-state index contributed by atoms with van der Waals surface area (Å²) < 4.78 is 27.4. The summed E-state index contributed by atoms with van der Waals surface area (Å²) in [7, 11) is -1.59. The molecule has 1 N–H and O–H groups in total. The first kappa shape index (κ1) is 15.8. The minimum atomic E-state index is -3.45. The summed E-state index contributed by atoms with van der Waals surface area (Å²) in [5.74, 6) is 0. The molecule has 1 aliphatic heterocycles. The third-order valence-corrected chi connectivity index (χ3v) is 6.08. The number of aryl methyl sites for hydroxylation is 1. The predicted molar refractivity (Wildman–Crippen MR) is 81.6 cm³/mol. The van der Waals surface area contributed by atoms with Gasteiger partial charge < -0.3 is 5.32 Å². The molecule has 0 spiro atoms. The molecule has 6 heteroatoms. The van der Waals surface area contributed by atoms with Crippen LogP contribution in [0.1, 0.15) is 24.8 Å². The van der Waals surface area contributed by atoms with E-state index >= 15 is 0 Å². The molecule has 20 heavy (non-hydrogen) atoms. The van der Waals surface area contributed by atoms with Gasteiger partial charge in [0.2, 0.25) is 10.0 Å². The number of benzene rings is 1. The van der Waals surface area contributed by atoms with Gasteiger partial charge in [-0.25, -0.2) is 8.42 Å². The van der Waals surface area contributed by atoms with Crippen LogP contribution in [0.4, 0.5) is 0 Å². The minimum absolute atomic E-state index is 0.0360. The average molecular weight is 317 g/mol. The van der Waals surface area contributed by atoms with E-state index in [0.717, 1.165) is 19.3 Å². The van der Waals surface area contributed by atoms with Crippen LogP contribution in [0.15, 0.2) is 23.1 Å². The molecule has 0 amide bonds. The van der Waals surface area contributed by atoms with E-state index in [0.29, 0.717) is 28.6 Å².